The van der Waals surface area contributed by atoms with Crippen molar-refractivity contribution < 1.29 is 0 Å². The van der Waals surface area contributed by atoms with Gasteiger partial charge in [0.05, 0.1) is 0 Å². The molecule has 5 heteroatoms. The molecule has 7 N–H and O–H groups in total. The zero-order valence-corrected chi connectivity index (χ0v) is 11.8. The van der Waals surface area contributed by atoms with Crippen LogP contribution in [0.15, 0.2) is 36.4 Å². The van der Waals surface area contributed by atoms with Crippen LogP contribution in [0.5, 0.6) is 0 Å². The van der Waals surface area contributed by atoms with Crippen LogP contribution in [0.4, 0.5) is 22.7 Å². The van der Waals surface area contributed by atoms with Crippen LogP contribution >= 0.6 is 11.8 Å². The molecule has 102 valence electrons. The first-order chi connectivity index (χ1) is 8.93. The SMILES string of the molecule is Cc1cc(N)cc(C)c1N.Nc1ccc(NCl)cc1. The summed E-state index contributed by atoms with van der Waals surface area (Å²) in [4.78, 5) is 2.47. The maximum Gasteiger partial charge on any atom is 0.0493 e. The van der Waals surface area contributed by atoms with Crippen LogP contribution in [0, 0.1) is 13.8 Å². The molecule has 0 atom stereocenters. The fourth-order valence-electron chi connectivity index (χ4n) is 1.55. The van der Waals surface area contributed by atoms with Gasteiger partial charge in [0.1, 0.15) is 0 Å². The first-order valence-corrected chi connectivity index (χ1v) is 6.16. The van der Waals surface area contributed by atoms with Gasteiger partial charge in [-0.3, -0.25) is 4.84 Å². The molecule has 0 radical (unpaired) electrons. The van der Waals surface area contributed by atoms with Crippen LogP contribution in [0.3, 0.4) is 0 Å². The molecule has 19 heavy (non-hydrogen) atoms. The van der Waals surface area contributed by atoms with E-state index in [1.807, 2.05) is 38.1 Å². The Morgan fingerprint density at radius 1 is 0.842 bits per heavy atom. The quantitative estimate of drug-likeness (QED) is 0.476. The summed E-state index contributed by atoms with van der Waals surface area (Å²) in [6.45, 7) is 3.91. The number of nitrogens with one attached hydrogen (secondary N) is 1. The second-order valence-corrected chi connectivity index (χ2v) is 4.47. The molecular formula is C14H19ClN4. The molecule has 4 nitrogen and oxygen atoms in total. The highest BCUT2D eigenvalue weighted by molar-refractivity contribution is 6.23. The Labute approximate surface area is 118 Å². The Kier molecular flexibility index (Phi) is 5.33. The summed E-state index contributed by atoms with van der Waals surface area (Å²) in [5.74, 6) is 0. The maximum atomic E-state index is 5.70. The summed E-state index contributed by atoms with van der Waals surface area (Å²) in [6.07, 6.45) is 0. The van der Waals surface area contributed by atoms with Crippen molar-refractivity contribution in [2.75, 3.05) is 22.0 Å². The van der Waals surface area contributed by atoms with Crippen molar-refractivity contribution in [3.05, 3.63) is 47.5 Å². The van der Waals surface area contributed by atoms with Crippen molar-refractivity contribution in [3.8, 4) is 0 Å². The van der Waals surface area contributed by atoms with E-state index in [-0.39, 0.29) is 0 Å². The topological polar surface area (TPSA) is 90.1 Å². The summed E-state index contributed by atoms with van der Waals surface area (Å²) in [5, 5.41) is 0. The minimum atomic E-state index is 0.741. The van der Waals surface area contributed by atoms with Crippen molar-refractivity contribution in [1.82, 2.24) is 0 Å². The summed E-state index contributed by atoms with van der Waals surface area (Å²) in [5.41, 5.74) is 22.0. The van der Waals surface area contributed by atoms with Crippen molar-refractivity contribution in [3.63, 3.8) is 0 Å². The molecular weight excluding hydrogens is 260 g/mol. The zero-order valence-electron chi connectivity index (χ0n) is 11.1. The second-order valence-electron chi connectivity index (χ2n) is 4.28. The van der Waals surface area contributed by atoms with Gasteiger partial charge in [0.2, 0.25) is 0 Å². The number of nitrogens with two attached hydrogens (primary N) is 3. The van der Waals surface area contributed by atoms with Crippen LogP contribution in [0.2, 0.25) is 0 Å². The molecule has 0 fully saturated rings. The first kappa shape index (κ1) is 15.0. The summed E-state index contributed by atoms with van der Waals surface area (Å²) < 4.78 is 0. The molecule has 2 rings (SSSR count). The Morgan fingerprint density at radius 2 is 1.32 bits per heavy atom. The fraction of sp³-hybridized carbons (Fsp3) is 0.143. The Balaban J connectivity index is 0.000000191. The van der Waals surface area contributed by atoms with Crippen LogP contribution in [-0.4, -0.2) is 0 Å². The van der Waals surface area contributed by atoms with E-state index in [0.717, 1.165) is 33.9 Å². The normalized spacial score (nSPS) is 9.42. The highest BCUT2D eigenvalue weighted by Gasteiger charge is 1.97. The van der Waals surface area contributed by atoms with Crippen molar-refractivity contribution >= 4 is 34.5 Å². The van der Waals surface area contributed by atoms with E-state index in [4.69, 9.17) is 29.0 Å². The van der Waals surface area contributed by atoms with Gasteiger partial charge in [0.25, 0.3) is 0 Å². The van der Waals surface area contributed by atoms with E-state index in [9.17, 15) is 0 Å². The molecule has 0 aliphatic heterocycles. The second kappa shape index (κ2) is 6.75. The average Bonchev–Trinajstić information content (AvgIpc) is 2.37. The lowest BCUT2D eigenvalue weighted by atomic mass is 10.1. The smallest absolute Gasteiger partial charge is 0.0493 e. The van der Waals surface area contributed by atoms with E-state index in [1.165, 1.54) is 0 Å². The lowest BCUT2D eigenvalue weighted by Gasteiger charge is -2.04. The molecule has 0 aliphatic carbocycles. The van der Waals surface area contributed by atoms with E-state index in [1.54, 1.807) is 12.1 Å². The van der Waals surface area contributed by atoms with E-state index < -0.39 is 0 Å². The molecule has 0 saturated carbocycles. The van der Waals surface area contributed by atoms with Gasteiger partial charge >= 0.3 is 0 Å². The lowest BCUT2D eigenvalue weighted by Crippen LogP contribution is -1.95. The number of hydrogen-bond donors (Lipinski definition) is 4. The van der Waals surface area contributed by atoms with Gasteiger partial charge in [-0.25, -0.2) is 0 Å². The van der Waals surface area contributed by atoms with Crippen LogP contribution in [-0.2, 0) is 0 Å². The van der Waals surface area contributed by atoms with Gasteiger partial charge in [-0.2, -0.15) is 0 Å². The zero-order chi connectivity index (χ0) is 14.4. The van der Waals surface area contributed by atoms with E-state index in [0.29, 0.717) is 0 Å². The number of anilines is 4. The predicted octanol–water partition coefficient (Wildman–Crippen LogP) is 3.30. The Bertz CT molecular complexity index is 515. The van der Waals surface area contributed by atoms with Gasteiger partial charge in [-0.05, 0) is 61.4 Å². The molecule has 0 aromatic heterocycles. The lowest BCUT2D eigenvalue weighted by molar-refractivity contribution is 1.39. The molecule has 2 aromatic carbocycles. The maximum absolute atomic E-state index is 5.70. The van der Waals surface area contributed by atoms with E-state index >= 15 is 0 Å². The van der Waals surface area contributed by atoms with Crippen molar-refractivity contribution in [2.45, 2.75) is 13.8 Å². The standard InChI is InChI=1S/C8H12N2.C6H7ClN2/c1-5-3-7(9)4-6(2)8(5)10;7-9-6-3-1-5(8)2-4-6/h3-4H,9-10H2,1-2H3;1-4,9H,8H2. The van der Waals surface area contributed by atoms with Gasteiger partial charge in [0.15, 0.2) is 0 Å². The molecule has 2 aromatic rings. The number of halogens is 1. The van der Waals surface area contributed by atoms with Crippen molar-refractivity contribution in [1.29, 1.82) is 0 Å². The number of hydrogen-bond acceptors (Lipinski definition) is 4. The van der Waals surface area contributed by atoms with Crippen LogP contribution in [0.25, 0.3) is 0 Å². The summed E-state index contributed by atoms with van der Waals surface area (Å²) >= 11 is 5.29. The van der Waals surface area contributed by atoms with Crippen molar-refractivity contribution in [2.24, 2.45) is 0 Å². The first-order valence-electron chi connectivity index (χ1n) is 5.78. The molecule has 0 aliphatic rings. The largest absolute Gasteiger partial charge is 0.399 e. The Hall–Kier alpha value is -2.07. The van der Waals surface area contributed by atoms with Gasteiger partial charge < -0.3 is 17.2 Å². The van der Waals surface area contributed by atoms with Gasteiger partial charge in [0, 0.05) is 34.5 Å². The van der Waals surface area contributed by atoms with Gasteiger partial charge in [-0.15, -0.1) is 0 Å². The minimum Gasteiger partial charge on any atom is -0.399 e. The van der Waals surface area contributed by atoms with Crippen LogP contribution in [0.1, 0.15) is 11.1 Å². The summed E-state index contributed by atoms with van der Waals surface area (Å²) in [7, 11) is 0. The third-order valence-corrected chi connectivity index (χ3v) is 2.85. The van der Waals surface area contributed by atoms with E-state index in [2.05, 4.69) is 4.84 Å². The molecule has 0 unspecified atom stereocenters. The third kappa shape index (κ3) is 4.60. The molecule has 0 bridgehead atoms. The number of nitrogen functional groups attached to an aromatic ring is 3. The number of rotatable bonds is 1. The number of aryl methyl sites for hydroxylation is 2. The molecule has 0 spiro atoms. The molecule has 0 heterocycles. The predicted molar refractivity (Wildman–Crippen MR) is 85.1 cm³/mol. The fourth-order valence-corrected chi connectivity index (χ4v) is 1.68. The third-order valence-electron chi connectivity index (χ3n) is 2.64. The molecule has 0 saturated heterocycles. The highest BCUT2D eigenvalue weighted by atomic mass is 35.5. The average molecular weight is 279 g/mol. The van der Waals surface area contributed by atoms with Gasteiger partial charge in [-0.1, -0.05) is 0 Å². The van der Waals surface area contributed by atoms with Crippen LogP contribution < -0.4 is 22.0 Å². The number of benzene rings is 2. The molecule has 0 amide bonds. The highest BCUT2D eigenvalue weighted by Crippen LogP contribution is 2.19. The monoisotopic (exact) mass is 278 g/mol. The summed E-state index contributed by atoms with van der Waals surface area (Å²) in [6, 6.07) is 10.9. The minimum absolute atomic E-state index is 0.741. The Morgan fingerprint density at radius 3 is 1.74 bits per heavy atom.